The van der Waals surface area contributed by atoms with E-state index in [1.165, 1.54) is 6.08 Å². The van der Waals surface area contributed by atoms with Gasteiger partial charge >= 0.3 is 4.87 Å². The lowest BCUT2D eigenvalue weighted by molar-refractivity contribution is -0.116. The van der Waals surface area contributed by atoms with E-state index in [-0.39, 0.29) is 16.7 Å². The van der Waals surface area contributed by atoms with Gasteiger partial charge < -0.3 is 15.2 Å². The lowest BCUT2D eigenvalue weighted by Crippen LogP contribution is -2.26. The number of aromatic hydroxyl groups is 1. The van der Waals surface area contributed by atoms with Gasteiger partial charge in [0.2, 0.25) is 11.8 Å². The Morgan fingerprint density at radius 1 is 1.38 bits per heavy atom. The molecule has 0 aliphatic carbocycles. The van der Waals surface area contributed by atoms with Gasteiger partial charge in [0, 0.05) is 6.42 Å². The molecule has 3 N–H and O–H groups in total. The van der Waals surface area contributed by atoms with Crippen LogP contribution >= 0.6 is 11.3 Å². The number of allylic oxidation sites excluding steroid dienone is 1. The summed E-state index contributed by atoms with van der Waals surface area (Å²) in [7, 11) is 0. The fourth-order valence-corrected chi connectivity index (χ4v) is 2.75. The second-order valence-corrected chi connectivity index (χ2v) is 6.12. The number of ether oxygens (including phenoxy) is 1. The number of amides is 1. The van der Waals surface area contributed by atoms with Crippen molar-refractivity contribution < 1.29 is 14.6 Å². The van der Waals surface area contributed by atoms with Crippen LogP contribution in [-0.4, -0.2) is 29.1 Å². The molecule has 7 heteroatoms. The van der Waals surface area contributed by atoms with Crippen molar-refractivity contribution in [3.05, 3.63) is 56.5 Å². The van der Waals surface area contributed by atoms with Crippen LogP contribution in [0.5, 0.6) is 11.6 Å². The largest absolute Gasteiger partial charge is 0.494 e. The van der Waals surface area contributed by atoms with Gasteiger partial charge in [-0.05, 0) is 30.2 Å². The van der Waals surface area contributed by atoms with Crippen molar-refractivity contribution in [2.45, 2.75) is 19.8 Å². The summed E-state index contributed by atoms with van der Waals surface area (Å²) in [6.45, 7) is 2.78. The molecule has 0 radical (unpaired) electrons. The molecular formula is C17H20N2O4S. The molecule has 1 amide bonds. The first-order chi connectivity index (χ1) is 11.6. The second kappa shape index (κ2) is 8.93. The lowest BCUT2D eigenvalue weighted by atomic mass is 10.1. The van der Waals surface area contributed by atoms with Gasteiger partial charge in [0.25, 0.3) is 0 Å². The van der Waals surface area contributed by atoms with Gasteiger partial charge in [-0.15, -0.1) is 0 Å². The molecule has 1 heterocycles. The van der Waals surface area contributed by atoms with Crippen molar-refractivity contribution in [1.29, 1.82) is 0 Å². The minimum absolute atomic E-state index is 0.0711. The zero-order valence-electron chi connectivity index (χ0n) is 13.4. The monoisotopic (exact) mass is 348 g/mol. The van der Waals surface area contributed by atoms with Crippen LogP contribution in [0.2, 0.25) is 0 Å². The fraction of sp³-hybridized carbons (Fsp3) is 0.294. The zero-order chi connectivity index (χ0) is 17.4. The van der Waals surface area contributed by atoms with E-state index >= 15 is 0 Å². The molecule has 6 nitrogen and oxygen atoms in total. The first kappa shape index (κ1) is 17.8. The number of carbonyl (C=O) groups is 1. The van der Waals surface area contributed by atoms with Gasteiger partial charge in [-0.1, -0.05) is 36.5 Å². The number of hydrogen-bond donors (Lipinski definition) is 3. The number of aromatic nitrogens is 1. The van der Waals surface area contributed by atoms with E-state index in [9.17, 15) is 14.7 Å². The van der Waals surface area contributed by atoms with E-state index in [4.69, 9.17) is 4.74 Å². The summed E-state index contributed by atoms with van der Waals surface area (Å²) >= 11 is 1.00. The molecule has 0 saturated heterocycles. The minimum atomic E-state index is -0.265. The van der Waals surface area contributed by atoms with E-state index in [2.05, 4.69) is 10.3 Å². The Hall–Kier alpha value is -2.54. The molecule has 24 heavy (non-hydrogen) atoms. The Morgan fingerprint density at radius 3 is 2.75 bits per heavy atom. The third-order valence-corrected chi connectivity index (χ3v) is 4.04. The SMILES string of the molecule is CC/C=C/C(=O)NCCOc1ccc(Cc2sc(=O)[nH]c2O)cc1. The van der Waals surface area contributed by atoms with Crippen molar-refractivity contribution >= 4 is 17.2 Å². The highest BCUT2D eigenvalue weighted by atomic mass is 32.1. The van der Waals surface area contributed by atoms with Gasteiger partial charge in [-0.2, -0.15) is 0 Å². The van der Waals surface area contributed by atoms with E-state index in [0.29, 0.717) is 30.2 Å². The van der Waals surface area contributed by atoms with Gasteiger partial charge in [0.1, 0.15) is 12.4 Å². The number of benzene rings is 1. The highest BCUT2D eigenvalue weighted by molar-refractivity contribution is 7.09. The van der Waals surface area contributed by atoms with Gasteiger partial charge in [-0.25, -0.2) is 0 Å². The summed E-state index contributed by atoms with van der Waals surface area (Å²) in [5, 5.41) is 12.3. The number of aromatic amines is 1. The molecule has 0 aliphatic rings. The molecule has 0 spiro atoms. The molecule has 0 atom stereocenters. The predicted molar refractivity (Wildman–Crippen MR) is 93.8 cm³/mol. The van der Waals surface area contributed by atoms with Gasteiger partial charge in [0.05, 0.1) is 11.4 Å². The summed E-state index contributed by atoms with van der Waals surface area (Å²) < 4.78 is 5.55. The molecule has 0 unspecified atom stereocenters. The highest BCUT2D eigenvalue weighted by Gasteiger charge is 2.07. The number of thiazole rings is 1. The molecule has 0 aliphatic heterocycles. The first-order valence-electron chi connectivity index (χ1n) is 7.65. The lowest BCUT2D eigenvalue weighted by Gasteiger charge is -2.07. The highest BCUT2D eigenvalue weighted by Crippen LogP contribution is 2.21. The average Bonchev–Trinajstić information content (AvgIpc) is 2.88. The van der Waals surface area contributed by atoms with Gasteiger partial charge in [0.15, 0.2) is 0 Å². The Balaban J connectivity index is 1.78. The van der Waals surface area contributed by atoms with Crippen LogP contribution in [0.25, 0.3) is 0 Å². The number of carbonyl (C=O) groups excluding carboxylic acids is 1. The van der Waals surface area contributed by atoms with Crippen LogP contribution in [0.4, 0.5) is 0 Å². The zero-order valence-corrected chi connectivity index (χ0v) is 14.2. The van der Waals surface area contributed by atoms with Gasteiger partial charge in [-0.3, -0.25) is 14.6 Å². The molecule has 128 valence electrons. The van der Waals surface area contributed by atoms with E-state index in [1.807, 2.05) is 31.2 Å². The summed E-state index contributed by atoms with van der Waals surface area (Å²) in [5.74, 6) is 0.503. The smallest absolute Gasteiger partial charge is 0.307 e. The predicted octanol–water partition coefficient (Wildman–Crippen LogP) is 2.19. The summed E-state index contributed by atoms with van der Waals surface area (Å²) in [5.41, 5.74) is 0.964. The normalized spacial score (nSPS) is 10.9. The number of rotatable bonds is 8. The Kier molecular flexibility index (Phi) is 6.62. The second-order valence-electron chi connectivity index (χ2n) is 5.06. The van der Waals surface area contributed by atoms with E-state index < -0.39 is 0 Å². The Labute approximate surface area is 143 Å². The van der Waals surface area contributed by atoms with Crippen molar-refractivity contribution in [3.63, 3.8) is 0 Å². The van der Waals surface area contributed by atoms with Crippen molar-refractivity contribution in [3.8, 4) is 11.6 Å². The number of hydrogen-bond acceptors (Lipinski definition) is 5. The van der Waals surface area contributed by atoms with E-state index in [0.717, 1.165) is 23.3 Å². The minimum Gasteiger partial charge on any atom is -0.494 e. The maximum Gasteiger partial charge on any atom is 0.307 e. The van der Waals surface area contributed by atoms with E-state index in [1.54, 1.807) is 6.08 Å². The Morgan fingerprint density at radius 2 is 2.12 bits per heavy atom. The number of H-pyrrole nitrogens is 1. The quantitative estimate of drug-likeness (QED) is 0.504. The molecule has 1 aromatic carbocycles. The van der Waals surface area contributed by atoms with Crippen molar-refractivity contribution in [1.82, 2.24) is 10.3 Å². The standard InChI is InChI=1S/C17H20N2O4S/c1-2-3-4-15(20)18-9-10-23-13-7-5-12(6-8-13)11-14-16(21)19-17(22)24-14/h3-8,21H,2,9-11H2,1H3,(H,18,20)(H,19,22)/b4-3+. The van der Waals surface area contributed by atoms with Crippen LogP contribution in [0, 0.1) is 0 Å². The summed E-state index contributed by atoms with van der Waals surface area (Å²) in [6.07, 6.45) is 4.62. The molecule has 0 fully saturated rings. The van der Waals surface area contributed by atoms with Crippen molar-refractivity contribution in [2.75, 3.05) is 13.2 Å². The molecular weight excluding hydrogens is 328 g/mol. The molecule has 2 rings (SSSR count). The maximum atomic E-state index is 11.4. The third-order valence-electron chi connectivity index (χ3n) is 3.16. The summed E-state index contributed by atoms with van der Waals surface area (Å²) in [6, 6.07) is 7.39. The topological polar surface area (TPSA) is 91.4 Å². The Bertz CT molecular complexity index is 747. The molecule has 2 aromatic rings. The van der Waals surface area contributed by atoms with Crippen LogP contribution in [0.1, 0.15) is 23.8 Å². The van der Waals surface area contributed by atoms with Crippen molar-refractivity contribution in [2.24, 2.45) is 0 Å². The molecule has 0 saturated carbocycles. The summed E-state index contributed by atoms with van der Waals surface area (Å²) in [4.78, 5) is 25.2. The average molecular weight is 348 g/mol. The van der Waals surface area contributed by atoms with Crippen LogP contribution < -0.4 is 14.9 Å². The van der Waals surface area contributed by atoms with Crippen LogP contribution in [0.3, 0.4) is 0 Å². The molecule has 0 bridgehead atoms. The maximum absolute atomic E-state index is 11.4. The van der Waals surface area contributed by atoms with Crippen LogP contribution in [0.15, 0.2) is 41.2 Å². The third kappa shape index (κ3) is 5.58. The van der Waals surface area contributed by atoms with Crippen LogP contribution in [-0.2, 0) is 11.2 Å². The molecule has 1 aromatic heterocycles. The number of nitrogens with one attached hydrogen (secondary N) is 2. The fourth-order valence-electron chi connectivity index (χ4n) is 1.99. The first-order valence-corrected chi connectivity index (χ1v) is 8.47.